The Balaban J connectivity index is 1.60. The summed E-state index contributed by atoms with van der Waals surface area (Å²) >= 11 is 0. The Kier molecular flexibility index (Phi) is 5.86. The molecule has 1 atom stereocenters. The molecule has 2 aromatic carbocycles. The number of carbonyl (C=O) groups excluding carboxylic acids is 2. The zero-order valence-electron chi connectivity index (χ0n) is 14.7. The van der Waals surface area contributed by atoms with E-state index in [0.717, 1.165) is 5.56 Å². The summed E-state index contributed by atoms with van der Waals surface area (Å²) in [7, 11) is 1.54. The lowest BCUT2D eigenvalue weighted by Crippen LogP contribution is -2.48. The highest BCUT2D eigenvalue weighted by Crippen LogP contribution is 2.23. The molecular weight excluding hydrogens is 332 g/mol. The van der Waals surface area contributed by atoms with Gasteiger partial charge in [0.05, 0.1) is 25.8 Å². The Morgan fingerprint density at radius 3 is 2.69 bits per heavy atom. The minimum absolute atomic E-state index is 0.0256. The number of carbonyl (C=O) groups is 2. The molecule has 0 aliphatic carbocycles. The molecule has 0 aromatic heterocycles. The first-order chi connectivity index (χ1) is 12.7. The van der Waals surface area contributed by atoms with Crippen LogP contribution in [-0.2, 0) is 20.9 Å². The molecule has 1 aliphatic heterocycles. The number of ether oxygens (including phenoxy) is 2. The van der Waals surface area contributed by atoms with E-state index in [4.69, 9.17) is 9.47 Å². The molecule has 1 saturated heterocycles. The first-order valence-corrected chi connectivity index (χ1v) is 8.54. The molecule has 1 N–H and O–H groups in total. The minimum atomic E-state index is -0.762. The summed E-state index contributed by atoms with van der Waals surface area (Å²) in [4.78, 5) is 26.7. The topological polar surface area (TPSA) is 67.9 Å². The lowest BCUT2D eigenvalue weighted by molar-refractivity contribution is -0.155. The van der Waals surface area contributed by atoms with Gasteiger partial charge in [-0.05, 0) is 17.7 Å². The van der Waals surface area contributed by atoms with E-state index in [0.29, 0.717) is 31.1 Å². The maximum Gasteiger partial charge on any atom is 0.252 e. The van der Waals surface area contributed by atoms with Crippen molar-refractivity contribution in [3.63, 3.8) is 0 Å². The number of hydrogen-bond acceptors (Lipinski definition) is 4. The molecule has 0 saturated carbocycles. The van der Waals surface area contributed by atoms with Crippen LogP contribution in [0, 0.1) is 0 Å². The first kappa shape index (κ1) is 17.9. The molecule has 2 aromatic rings. The summed E-state index contributed by atoms with van der Waals surface area (Å²) in [6.45, 7) is 1.47. The molecule has 1 unspecified atom stereocenters. The van der Waals surface area contributed by atoms with Crippen molar-refractivity contribution >= 4 is 17.5 Å². The van der Waals surface area contributed by atoms with Gasteiger partial charge in [-0.1, -0.05) is 42.5 Å². The quantitative estimate of drug-likeness (QED) is 0.865. The monoisotopic (exact) mass is 354 g/mol. The van der Waals surface area contributed by atoms with Gasteiger partial charge in [-0.25, -0.2) is 0 Å². The zero-order chi connectivity index (χ0) is 18.4. The van der Waals surface area contributed by atoms with Crippen molar-refractivity contribution in [2.45, 2.75) is 19.1 Å². The van der Waals surface area contributed by atoms with Crippen molar-refractivity contribution in [3.8, 4) is 5.75 Å². The maximum absolute atomic E-state index is 12.6. The van der Waals surface area contributed by atoms with Crippen LogP contribution < -0.4 is 10.1 Å². The number of amides is 2. The van der Waals surface area contributed by atoms with Crippen molar-refractivity contribution in [3.05, 3.63) is 60.2 Å². The Bertz CT molecular complexity index is 763. The lowest BCUT2D eigenvalue weighted by atomic mass is 10.1. The molecule has 0 spiro atoms. The molecule has 2 amide bonds. The number of nitrogens with zero attached hydrogens (tertiary/aromatic N) is 1. The van der Waals surface area contributed by atoms with E-state index in [-0.39, 0.29) is 18.2 Å². The van der Waals surface area contributed by atoms with E-state index >= 15 is 0 Å². The normalized spacial score (nSPS) is 17.0. The number of benzene rings is 2. The second kappa shape index (κ2) is 8.49. The fourth-order valence-corrected chi connectivity index (χ4v) is 2.91. The van der Waals surface area contributed by atoms with Gasteiger partial charge in [0.1, 0.15) is 11.9 Å². The molecule has 3 rings (SSSR count). The third-order valence-corrected chi connectivity index (χ3v) is 4.24. The fraction of sp³-hybridized carbons (Fsp3) is 0.300. The second-order valence-corrected chi connectivity index (χ2v) is 6.06. The first-order valence-electron chi connectivity index (χ1n) is 8.54. The van der Waals surface area contributed by atoms with Gasteiger partial charge in [0.25, 0.3) is 5.91 Å². The fourth-order valence-electron chi connectivity index (χ4n) is 2.91. The van der Waals surface area contributed by atoms with Gasteiger partial charge in [-0.3, -0.25) is 9.59 Å². The summed E-state index contributed by atoms with van der Waals surface area (Å²) in [5.74, 6) is 0.132. The van der Waals surface area contributed by atoms with Gasteiger partial charge in [-0.2, -0.15) is 0 Å². The standard InChI is InChI=1S/C20H22N2O4/c1-25-17-10-6-5-9-16(17)21-19(23)13-18-20(24)22(11-12-26-18)14-15-7-3-2-4-8-15/h2-10,18H,11-14H2,1H3,(H,21,23). The number of nitrogens with one attached hydrogen (secondary N) is 1. The van der Waals surface area contributed by atoms with Gasteiger partial charge in [0, 0.05) is 13.1 Å². The van der Waals surface area contributed by atoms with Gasteiger partial charge >= 0.3 is 0 Å². The summed E-state index contributed by atoms with van der Waals surface area (Å²) in [6, 6.07) is 16.9. The van der Waals surface area contributed by atoms with E-state index in [1.807, 2.05) is 42.5 Å². The molecule has 0 radical (unpaired) electrons. The van der Waals surface area contributed by atoms with E-state index in [9.17, 15) is 9.59 Å². The van der Waals surface area contributed by atoms with Crippen LogP contribution in [0.4, 0.5) is 5.69 Å². The average Bonchev–Trinajstić information content (AvgIpc) is 2.66. The van der Waals surface area contributed by atoms with Crippen LogP contribution in [0.1, 0.15) is 12.0 Å². The van der Waals surface area contributed by atoms with Crippen LogP contribution >= 0.6 is 0 Å². The summed E-state index contributed by atoms with van der Waals surface area (Å²) in [5, 5.41) is 2.78. The van der Waals surface area contributed by atoms with E-state index in [1.165, 1.54) is 0 Å². The van der Waals surface area contributed by atoms with Crippen LogP contribution in [0.5, 0.6) is 5.75 Å². The molecule has 1 heterocycles. The minimum Gasteiger partial charge on any atom is -0.495 e. The zero-order valence-corrected chi connectivity index (χ0v) is 14.7. The molecule has 1 aliphatic rings. The number of rotatable bonds is 6. The molecule has 136 valence electrons. The van der Waals surface area contributed by atoms with Crippen molar-refractivity contribution in [2.75, 3.05) is 25.6 Å². The largest absolute Gasteiger partial charge is 0.495 e. The van der Waals surface area contributed by atoms with Crippen LogP contribution in [0.2, 0.25) is 0 Å². The third-order valence-electron chi connectivity index (χ3n) is 4.24. The van der Waals surface area contributed by atoms with Crippen LogP contribution in [0.3, 0.4) is 0 Å². The highest BCUT2D eigenvalue weighted by molar-refractivity contribution is 5.96. The van der Waals surface area contributed by atoms with Crippen molar-refractivity contribution in [2.24, 2.45) is 0 Å². The predicted octanol–water partition coefficient (Wildman–Crippen LogP) is 2.45. The van der Waals surface area contributed by atoms with Gasteiger partial charge < -0.3 is 19.7 Å². The van der Waals surface area contributed by atoms with Crippen molar-refractivity contribution in [1.82, 2.24) is 4.90 Å². The Morgan fingerprint density at radius 2 is 1.92 bits per heavy atom. The Morgan fingerprint density at radius 1 is 1.19 bits per heavy atom. The number of morpholine rings is 1. The van der Waals surface area contributed by atoms with E-state index < -0.39 is 6.10 Å². The highest BCUT2D eigenvalue weighted by Gasteiger charge is 2.31. The van der Waals surface area contributed by atoms with Crippen LogP contribution in [0.25, 0.3) is 0 Å². The van der Waals surface area contributed by atoms with Gasteiger partial charge in [-0.15, -0.1) is 0 Å². The number of para-hydroxylation sites is 2. The number of anilines is 1. The van der Waals surface area contributed by atoms with Crippen LogP contribution in [-0.4, -0.2) is 43.1 Å². The summed E-state index contributed by atoms with van der Waals surface area (Å²) in [6.07, 6.45) is -0.788. The smallest absolute Gasteiger partial charge is 0.252 e. The highest BCUT2D eigenvalue weighted by atomic mass is 16.5. The van der Waals surface area contributed by atoms with E-state index in [2.05, 4.69) is 5.32 Å². The van der Waals surface area contributed by atoms with Crippen molar-refractivity contribution in [1.29, 1.82) is 0 Å². The van der Waals surface area contributed by atoms with Crippen LogP contribution in [0.15, 0.2) is 54.6 Å². The van der Waals surface area contributed by atoms with Gasteiger partial charge in [0.15, 0.2) is 0 Å². The van der Waals surface area contributed by atoms with Crippen molar-refractivity contribution < 1.29 is 19.1 Å². The summed E-state index contributed by atoms with van der Waals surface area (Å²) in [5.41, 5.74) is 1.63. The molecule has 6 heteroatoms. The third kappa shape index (κ3) is 4.40. The average molecular weight is 354 g/mol. The Hall–Kier alpha value is -2.86. The predicted molar refractivity (Wildman–Crippen MR) is 97.8 cm³/mol. The molecule has 26 heavy (non-hydrogen) atoms. The van der Waals surface area contributed by atoms with Gasteiger partial charge in [0.2, 0.25) is 5.91 Å². The summed E-state index contributed by atoms with van der Waals surface area (Å²) < 4.78 is 10.8. The number of hydrogen-bond donors (Lipinski definition) is 1. The molecule has 1 fully saturated rings. The number of methoxy groups -OCH3 is 1. The molecule has 0 bridgehead atoms. The lowest BCUT2D eigenvalue weighted by Gasteiger charge is -2.32. The van der Waals surface area contributed by atoms with E-state index in [1.54, 1.807) is 24.1 Å². The molecule has 6 nitrogen and oxygen atoms in total. The maximum atomic E-state index is 12.6. The SMILES string of the molecule is COc1ccccc1NC(=O)CC1OCCN(Cc2ccccc2)C1=O. The molecular formula is C20H22N2O4. The second-order valence-electron chi connectivity index (χ2n) is 6.06. The Labute approximate surface area is 152 Å².